The van der Waals surface area contributed by atoms with Crippen LogP contribution in [0.4, 0.5) is 0 Å². The maximum atomic E-state index is 12.6. The first-order valence-electron chi connectivity index (χ1n) is 10.5. The van der Waals surface area contributed by atoms with E-state index in [9.17, 15) is 9.59 Å². The Balaban J connectivity index is 0.00000280. The summed E-state index contributed by atoms with van der Waals surface area (Å²) in [6.07, 6.45) is 8.81. The predicted molar refractivity (Wildman–Crippen MR) is 114 cm³/mol. The van der Waals surface area contributed by atoms with E-state index in [1.165, 1.54) is 32.1 Å². The van der Waals surface area contributed by atoms with Crippen molar-refractivity contribution in [2.45, 2.75) is 57.4 Å². The Morgan fingerprint density at radius 2 is 1.57 bits per heavy atom. The first-order valence-corrected chi connectivity index (χ1v) is 10.5. The lowest BCUT2D eigenvalue weighted by atomic mass is 9.86. The molecule has 0 aromatic heterocycles. The second kappa shape index (κ2) is 11.4. The molecule has 2 aliphatic rings. The molecule has 0 spiro atoms. The van der Waals surface area contributed by atoms with E-state index in [-0.39, 0.29) is 24.2 Å². The largest absolute Gasteiger partial charge is 0.339 e. The first kappa shape index (κ1) is 22.7. The summed E-state index contributed by atoms with van der Waals surface area (Å²) in [5.74, 6) is 0.982. The summed E-state index contributed by atoms with van der Waals surface area (Å²) in [6, 6.07) is 9.36. The fourth-order valence-corrected chi connectivity index (χ4v) is 4.33. The van der Waals surface area contributed by atoms with Crippen molar-refractivity contribution in [2.75, 3.05) is 26.2 Å². The zero-order valence-corrected chi connectivity index (χ0v) is 17.5. The molecule has 1 heterocycles. The molecule has 1 aliphatic heterocycles. The molecule has 2 N–H and O–H groups in total. The first-order chi connectivity index (χ1) is 13.1. The van der Waals surface area contributed by atoms with E-state index in [2.05, 4.69) is 0 Å². The monoisotopic (exact) mass is 407 g/mol. The van der Waals surface area contributed by atoms with Crippen molar-refractivity contribution < 1.29 is 9.59 Å². The third-order valence-electron chi connectivity index (χ3n) is 6.05. The van der Waals surface area contributed by atoms with Gasteiger partial charge in [-0.05, 0) is 24.3 Å². The topological polar surface area (TPSA) is 66.6 Å². The maximum absolute atomic E-state index is 12.6. The van der Waals surface area contributed by atoms with Crippen molar-refractivity contribution >= 4 is 24.2 Å². The van der Waals surface area contributed by atoms with Crippen LogP contribution in [0.25, 0.3) is 0 Å². The van der Waals surface area contributed by atoms with Crippen molar-refractivity contribution in [3.05, 3.63) is 35.9 Å². The van der Waals surface area contributed by atoms with Crippen LogP contribution in [0.1, 0.15) is 50.5 Å². The number of halogens is 1. The minimum atomic E-state index is -0.513. The SMILES string of the molecule is Cl.N[C@@H](Cc1ccccc1)C(=O)N1CCN(C(=O)CCC2CCCCC2)CC1. The molecule has 1 aromatic carbocycles. The summed E-state index contributed by atoms with van der Waals surface area (Å²) < 4.78 is 0. The highest BCUT2D eigenvalue weighted by atomic mass is 35.5. The van der Waals surface area contributed by atoms with Crippen LogP contribution in [0, 0.1) is 5.92 Å². The molecule has 5 nitrogen and oxygen atoms in total. The summed E-state index contributed by atoms with van der Waals surface area (Å²) in [7, 11) is 0. The van der Waals surface area contributed by atoms with Gasteiger partial charge in [0, 0.05) is 32.6 Å². The number of carbonyl (C=O) groups excluding carboxylic acids is 2. The van der Waals surface area contributed by atoms with Crippen molar-refractivity contribution in [3.8, 4) is 0 Å². The molecule has 6 heteroatoms. The van der Waals surface area contributed by atoms with Crippen LogP contribution in [0.3, 0.4) is 0 Å². The minimum Gasteiger partial charge on any atom is -0.339 e. The van der Waals surface area contributed by atoms with Crippen LogP contribution >= 0.6 is 12.4 Å². The van der Waals surface area contributed by atoms with E-state index in [4.69, 9.17) is 5.73 Å². The maximum Gasteiger partial charge on any atom is 0.239 e. The molecule has 28 heavy (non-hydrogen) atoms. The normalized spacial score (nSPS) is 19.0. The minimum absolute atomic E-state index is 0. The Hall–Kier alpha value is -1.59. The molecule has 1 atom stereocenters. The zero-order valence-electron chi connectivity index (χ0n) is 16.7. The highest BCUT2D eigenvalue weighted by Gasteiger charge is 2.27. The summed E-state index contributed by atoms with van der Waals surface area (Å²) >= 11 is 0. The molecule has 1 aromatic rings. The van der Waals surface area contributed by atoms with Gasteiger partial charge in [-0.25, -0.2) is 0 Å². The van der Waals surface area contributed by atoms with Crippen molar-refractivity contribution in [2.24, 2.45) is 11.7 Å². The van der Waals surface area contributed by atoms with Gasteiger partial charge in [0.2, 0.25) is 11.8 Å². The van der Waals surface area contributed by atoms with Gasteiger partial charge in [0.15, 0.2) is 0 Å². The molecule has 3 rings (SSSR count). The van der Waals surface area contributed by atoms with Crippen LogP contribution in [0.2, 0.25) is 0 Å². The van der Waals surface area contributed by atoms with E-state index in [0.29, 0.717) is 39.0 Å². The van der Waals surface area contributed by atoms with Gasteiger partial charge in [0.05, 0.1) is 6.04 Å². The van der Waals surface area contributed by atoms with Gasteiger partial charge in [-0.1, -0.05) is 62.4 Å². The van der Waals surface area contributed by atoms with Crippen LogP contribution in [0.15, 0.2) is 30.3 Å². The third kappa shape index (κ3) is 6.49. The number of rotatable bonds is 6. The molecule has 0 radical (unpaired) electrons. The standard InChI is InChI=1S/C22H33N3O2.ClH/c23-20(17-19-9-5-2-6-10-19)22(27)25-15-13-24(14-16-25)21(26)12-11-18-7-3-1-4-8-18;/h2,5-6,9-10,18,20H,1,3-4,7-8,11-17,23H2;1H/t20-;/m0./s1. The van der Waals surface area contributed by atoms with Crippen LogP contribution in [0.5, 0.6) is 0 Å². The molecule has 2 fully saturated rings. The smallest absolute Gasteiger partial charge is 0.239 e. The zero-order chi connectivity index (χ0) is 19.1. The van der Waals surface area contributed by atoms with Crippen LogP contribution in [-0.4, -0.2) is 53.8 Å². The van der Waals surface area contributed by atoms with Gasteiger partial charge in [-0.15, -0.1) is 12.4 Å². The third-order valence-corrected chi connectivity index (χ3v) is 6.05. The molecule has 1 saturated carbocycles. The number of nitrogens with zero attached hydrogens (tertiary/aromatic N) is 2. The van der Waals surface area contributed by atoms with E-state index < -0.39 is 6.04 Å². The molecule has 0 bridgehead atoms. The average molecular weight is 408 g/mol. The number of hydrogen-bond donors (Lipinski definition) is 1. The van der Waals surface area contributed by atoms with E-state index >= 15 is 0 Å². The molecule has 0 unspecified atom stereocenters. The second-order valence-electron chi connectivity index (χ2n) is 8.04. The summed E-state index contributed by atoms with van der Waals surface area (Å²) in [5.41, 5.74) is 7.21. The van der Waals surface area contributed by atoms with Crippen molar-refractivity contribution in [1.82, 2.24) is 9.80 Å². The van der Waals surface area contributed by atoms with Crippen molar-refractivity contribution in [1.29, 1.82) is 0 Å². The molecular formula is C22H34ClN3O2. The highest BCUT2D eigenvalue weighted by Crippen LogP contribution is 2.27. The van der Waals surface area contributed by atoms with Crippen molar-refractivity contribution in [3.63, 3.8) is 0 Å². The molecular weight excluding hydrogens is 374 g/mol. The number of hydrogen-bond acceptors (Lipinski definition) is 3. The molecule has 2 amide bonds. The van der Waals surface area contributed by atoms with Gasteiger partial charge < -0.3 is 15.5 Å². The van der Waals surface area contributed by atoms with E-state index in [1.807, 2.05) is 40.1 Å². The van der Waals surface area contributed by atoms with Gasteiger partial charge in [-0.3, -0.25) is 9.59 Å². The average Bonchev–Trinajstić information content (AvgIpc) is 2.73. The number of benzene rings is 1. The fourth-order valence-electron chi connectivity index (χ4n) is 4.33. The fraction of sp³-hybridized carbons (Fsp3) is 0.636. The Morgan fingerprint density at radius 1 is 0.964 bits per heavy atom. The highest BCUT2D eigenvalue weighted by molar-refractivity contribution is 5.85. The second-order valence-corrected chi connectivity index (χ2v) is 8.04. The molecule has 1 saturated heterocycles. The molecule has 1 aliphatic carbocycles. The summed E-state index contributed by atoms with van der Waals surface area (Å²) in [6.45, 7) is 2.45. The Bertz CT molecular complexity index is 611. The number of piperazine rings is 1. The molecule has 156 valence electrons. The Labute approximate surface area is 175 Å². The van der Waals surface area contributed by atoms with E-state index in [0.717, 1.165) is 17.9 Å². The van der Waals surface area contributed by atoms with Gasteiger partial charge in [0.1, 0.15) is 0 Å². The lowest BCUT2D eigenvalue weighted by Crippen LogP contribution is -2.54. The lowest BCUT2D eigenvalue weighted by Gasteiger charge is -2.36. The van der Waals surface area contributed by atoms with Gasteiger partial charge in [-0.2, -0.15) is 0 Å². The number of amides is 2. The van der Waals surface area contributed by atoms with Crippen LogP contribution < -0.4 is 5.73 Å². The Kier molecular flexibility index (Phi) is 9.26. The summed E-state index contributed by atoms with van der Waals surface area (Å²) in [4.78, 5) is 28.8. The Morgan fingerprint density at radius 3 is 2.21 bits per heavy atom. The van der Waals surface area contributed by atoms with Gasteiger partial charge in [0.25, 0.3) is 0 Å². The quantitative estimate of drug-likeness (QED) is 0.788. The van der Waals surface area contributed by atoms with Crippen LogP contribution in [-0.2, 0) is 16.0 Å². The number of nitrogens with two attached hydrogens (primary N) is 1. The number of carbonyl (C=O) groups is 2. The summed E-state index contributed by atoms with van der Waals surface area (Å²) in [5, 5.41) is 0. The lowest BCUT2D eigenvalue weighted by molar-refractivity contribution is -0.140. The van der Waals surface area contributed by atoms with E-state index in [1.54, 1.807) is 0 Å². The van der Waals surface area contributed by atoms with Gasteiger partial charge >= 0.3 is 0 Å². The predicted octanol–water partition coefficient (Wildman–Crippen LogP) is 3.01.